The highest BCUT2D eigenvalue weighted by atomic mass is 16.2. The minimum atomic E-state index is -0.573. The summed E-state index contributed by atoms with van der Waals surface area (Å²) in [5.74, 6) is 0.497. The van der Waals surface area contributed by atoms with Crippen molar-refractivity contribution in [2.45, 2.75) is 32.2 Å². The van der Waals surface area contributed by atoms with Crippen molar-refractivity contribution < 1.29 is 9.59 Å². The number of rotatable bonds is 4. The highest BCUT2D eigenvalue weighted by Crippen LogP contribution is 2.27. The van der Waals surface area contributed by atoms with Gasteiger partial charge in [0, 0.05) is 25.0 Å². The Labute approximate surface area is 101 Å². The van der Waals surface area contributed by atoms with Crippen LogP contribution in [-0.2, 0) is 4.79 Å². The molecule has 0 spiro atoms. The van der Waals surface area contributed by atoms with Crippen LogP contribution < -0.4 is 22.1 Å². The van der Waals surface area contributed by atoms with Gasteiger partial charge in [-0.2, -0.15) is 0 Å². The molecule has 1 aliphatic carbocycles. The lowest BCUT2D eigenvalue weighted by Crippen LogP contribution is -2.43. The second-order valence-corrected chi connectivity index (χ2v) is 4.73. The van der Waals surface area contributed by atoms with Crippen molar-refractivity contribution >= 4 is 11.9 Å². The molecule has 1 rings (SSSR count). The van der Waals surface area contributed by atoms with Gasteiger partial charge in [0.15, 0.2) is 0 Å². The van der Waals surface area contributed by atoms with Crippen molar-refractivity contribution in [2.75, 3.05) is 13.1 Å². The third-order valence-electron chi connectivity index (χ3n) is 3.33. The Kier molecular flexibility index (Phi) is 5.21. The van der Waals surface area contributed by atoms with Crippen LogP contribution >= 0.6 is 0 Å². The molecule has 3 atom stereocenters. The molecule has 0 radical (unpaired) electrons. The maximum atomic E-state index is 11.8. The Hall–Kier alpha value is -1.30. The quantitative estimate of drug-likeness (QED) is 0.500. The van der Waals surface area contributed by atoms with Crippen molar-refractivity contribution in [1.29, 1.82) is 0 Å². The first-order valence-electron chi connectivity index (χ1n) is 6.07. The number of amides is 3. The molecule has 6 heteroatoms. The lowest BCUT2D eigenvalue weighted by molar-refractivity contribution is -0.126. The smallest absolute Gasteiger partial charge is 0.312 e. The minimum absolute atomic E-state index is 0.0509. The molecule has 0 saturated heterocycles. The Morgan fingerprint density at radius 3 is 2.47 bits per heavy atom. The zero-order chi connectivity index (χ0) is 12.8. The average Bonchev–Trinajstić information content (AvgIpc) is 2.27. The molecule has 0 bridgehead atoms. The van der Waals surface area contributed by atoms with Gasteiger partial charge in [-0.3, -0.25) is 4.79 Å². The van der Waals surface area contributed by atoms with Gasteiger partial charge in [-0.1, -0.05) is 6.92 Å². The zero-order valence-electron chi connectivity index (χ0n) is 10.2. The van der Waals surface area contributed by atoms with Gasteiger partial charge in [-0.15, -0.1) is 0 Å². The van der Waals surface area contributed by atoms with E-state index in [2.05, 4.69) is 17.6 Å². The Balaban J connectivity index is 2.21. The van der Waals surface area contributed by atoms with Crippen LogP contribution in [0, 0.1) is 11.8 Å². The molecule has 0 aromatic heterocycles. The maximum Gasteiger partial charge on any atom is 0.312 e. The minimum Gasteiger partial charge on any atom is -0.354 e. The van der Waals surface area contributed by atoms with Gasteiger partial charge >= 0.3 is 6.03 Å². The van der Waals surface area contributed by atoms with Gasteiger partial charge in [0.2, 0.25) is 5.91 Å². The van der Waals surface area contributed by atoms with Gasteiger partial charge in [-0.05, 0) is 25.2 Å². The number of primary amides is 1. The monoisotopic (exact) mass is 242 g/mol. The summed E-state index contributed by atoms with van der Waals surface area (Å²) in [6, 6.07) is -0.355. The van der Waals surface area contributed by atoms with Crippen molar-refractivity contribution in [1.82, 2.24) is 10.6 Å². The largest absolute Gasteiger partial charge is 0.354 e. The van der Waals surface area contributed by atoms with Crippen molar-refractivity contribution in [2.24, 2.45) is 23.3 Å². The zero-order valence-corrected chi connectivity index (χ0v) is 10.2. The molecular formula is C11H22N4O2. The van der Waals surface area contributed by atoms with Gasteiger partial charge < -0.3 is 22.1 Å². The molecule has 0 heterocycles. The summed E-state index contributed by atoms with van der Waals surface area (Å²) >= 11 is 0. The molecule has 6 nitrogen and oxygen atoms in total. The van der Waals surface area contributed by atoms with Crippen LogP contribution in [0.4, 0.5) is 4.79 Å². The Bertz CT molecular complexity index is 283. The number of hydrogen-bond donors (Lipinski definition) is 4. The number of carbonyl (C=O) groups is 2. The van der Waals surface area contributed by atoms with Crippen LogP contribution in [0.25, 0.3) is 0 Å². The van der Waals surface area contributed by atoms with E-state index in [9.17, 15) is 9.59 Å². The molecule has 0 aliphatic heterocycles. The fourth-order valence-corrected chi connectivity index (χ4v) is 2.17. The van der Waals surface area contributed by atoms with Gasteiger partial charge in [-0.25, -0.2) is 4.79 Å². The number of nitrogens with one attached hydrogen (secondary N) is 2. The van der Waals surface area contributed by atoms with Crippen molar-refractivity contribution in [3.05, 3.63) is 0 Å². The molecule has 1 aliphatic rings. The molecule has 1 saturated carbocycles. The fraction of sp³-hybridized carbons (Fsp3) is 0.818. The van der Waals surface area contributed by atoms with Crippen LogP contribution in [0.1, 0.15) is 26.2 Å². The second kappa shape index (κ2) is 6.44. The maximum absolute atomic E-state index is 11.8. The third-order valence-corrected chi connectivity index (χ3v) is 3.33. The first-order chi connectivity index (χ1) is 8.00. The predicted molar refractivity (Wildman–Crippen MR) is 65.1 cm³/mol. The number of urea groups is 1. The van der Waals surface area contributed by atoms with Crippen LogP contribution in [-0.4, -0.2) is 31.1 Å². The van der Waals surface area contributed by atoms with E-state index in [1.807, 2.05) is 0 Å². The van der Waals surface area contributed by atoms with E-state index in [0.717, 1.165) is 19.3 Å². The summed E-state index contributed by atoms with van der Waals surface area (Å²) in [5.41, 5.74) is 10.8. The average molecular weight is 242 g/mol. The highest BCUT2D eigenvalue weighted by Gasteiger charge is 2.29. The highest BCUT2D eigenvalue weighted by molar-refractivity contribution is 5.78. The molecule has 6 N–H and O–H groups in total. The van der Waals surface area contributed by atoms with E-state index in [-0.39, 0.29) is 17.9 Å². The molecule has 0 aromatic rings. The van der Waals surface area contributed by atoms with Gasteiger partial charge in [0.05, 0.1) is 0 Å². The van der Waals surface area contributed by atoms with Crippen LogP contribution in [0.15, 0.2) is 0 Å². The topological polar surface area (TPSA) is 110 Å². The number of nitrogens with two attached hydrogens (primary N) is 2. The summed E-state index contributed by atoms with van der Waals surface area (Å²) in [6.45, 7) is 2.86. The molecule has 0 aromatic carbocycles. The molecule has 3 unspecified atom stereocenters. The Morgan fingerprint density at radius 2 is 1.88 bits per heavy atom. The number of hydrogen-bond acceptors (Lipinski definition) is 3. The number of carbonyl (C=O) groups excluding carboxylic acids is 2. The first-order valence-corrected chi connectivity index (χ1v) is 6.07. The van der Waals surface area contributed by atoms with Crippen molar-refractivity contribution in [3.63, 3.8) is 0 Å². The van der Waals surface area contributed by atoms with Gasteiger partial charge in [0.1, 0.15) is 0 Å². The third kappa shape index (κ3) is 4.60. The normalized spacial score (nSPS) is 28.5. The van der Waals surface area contributed by atoms with Crippen LogP contribution in [0.3, 0.4) is 0 Å². The fourth-order valence-electron chi connectivity index (χ4n) is 2.17. The van der Waals surface area contributed by atoms with Gasteiger partial charge in [0.25, 0.3) is 0 Å². The summed E-state index contributed by atoms with van der Waals surface area (Å²) in [5, 5.41) is 5.22. The molecule has 1 fully saturated rings. The first kappa shape index (κ1) is 13.8. The lowest BCUT2D eigenvalue weighted by Gasteiger charge is -2.31. The summed E-state index contributed by atoms with van der Waals surface area (Å²) in [4.78, 5) is 22.2. The van der Waals surface area contributed by atoms with E-state index < -0.39 is 6.03 Å². The van der Waals surface area contributed by atoms with E-state index in [1.54, 1.807) is 0 Å². The molecule has 17 heavy (non-hydrogen) atoms. The SMILES string of the molecule is CC1CC(C(=O)NCCNC(N)=O)CCC1N. The predicted octanol–water partition coefficient (Wildman–Crippen LogP) is -0.466. The molecule has 3 amide bonds. The molecule has 98 valence electrons. The van der Waals surface area contributed by atoms with Crippen LogP contribution in [0.2, 0.25) is 0 Å². The molecular weight excluding hydrogens is 220 g/mol. The second-order valence-electron chi connectivity index (χ2n) is 4.73. The lowest BCUT2D eigenvalue weighted by atomic mass is 9.79. The summed E-state index contributed by atoms with van der Waals surface area (Å²) < 4.78 is 0. The van der Waals surface area contributed by atoms with E-state index in [0.29, 0.717) is 19.0 Å². The standard InChI is InChI=1S/C11H22N4O2/c1-7-6-8(2-3-9(7)12)10(16)14-4-5-15-11(13)17/h7-9H,2-6,12H2,1H3,(H,14,16)(H3,13,15,17). The summed E-state index contributed by atoms with van der Waals surface area (Å²) in [7, 11) is 0. The van der Waals surface area contributed by atoms with Crippen molar-refractivity contribution in [3.8, 4) is 0 Å². The van der Waals surface area contributed by atoms with E-state index in [4.69, 9.17) is 11.5 Å². The van der Waals surface area contributed by atoms with E-state index >= 15 is 0 Å². The summed E-state index contributed by atoms with van der Waals surface area (Å²) in [6.07, 6.45) is 2.59. The van der Waals surface area contributed by atoms with Crippen LogP contribution in [0.5, 0.6) is 0 Å². The van der Waals surface area contributed by atoms with E-state index in [1.165, 1.54) is 0 Å². The Morgan fingerprint density at radius 1 is 1.24 bits per heavy atom.